The third-order valence-electron chi connectivity index (χ3n) is 4.07. The van der Waals surface area contributed by atoms with Crippen molar-refractivity contribution in [3.63, 3.8) is 0 Å². The fourth-order valence-electron chi connectivity index (χ4n) is 2.63. The van der Waals surface area contributed by atoms with Gasteiger partial charge in [-0.25, -0.2) is 4.79 Å². The number of carbonyl (C=O) groups excluding carboxylic acids is 2. The van der Waals surface area contributed by atoms with Crippen LogP contribution in [0.3, 0.4) is 0 Å². The first-order valence-electron chi connectivity index (χ1n) is 8.68. The molecule has 2 aromatic rings. The monoisotopic (exact) mass is 398 g/mol. The third kappa shape index (κ3) is 4.89. The summed E-state index contributed by atoms with van der Waals surface area (Å²) in [5.41, 5.74) is 1.46. The van der Waals surface area contributed by atoms with Gasteiger partial charge in [-0.05, 0) is 43.7 Å². The highest BCUT2D eigenvalue weighted by Gasteiger charge is 2.22. The quantitative estimate of drug-likeness (QED) is 0.344. The number of hydrogen-bond donors (Lipinski definition) is 1. The maximum Gasteiger partial charge on any atom is 0.331 e. The van der Waals surface area contributed by atoms with Crippen LogP contribution in [0, 0.1) is 17.0 Å². The summed E-state index contributed by atoms with van der Waals surface area (Å²) in [6.07, 6.45) is 1.19. The number of aryl methyl sites for hydroxylation is 1. The Kier molecular flexibility index (Phi) is 5.77. The van der Waals surface area contributed by atoms with E-state index < -0.39 is 22.9 Å². The zero-order chi connectivity index (χ0) is 21.0. The number of nitrogens with zero attached hydrogens (tertiary/aromatic N) is 1. The second kappa shape index (κ2) is 8.42. The molecule has 1 unspecified atom stereocenters. The van der Waals surface area contributed by atoms with Crippen molar-refractivity contribution in [1.29, 1.82) is 0 Å². The highest BCUT2D eigenvalue weighted by atomic mass is 16.7. The van der Waals surface area contributed by atoms with Gasteiger partial charge in [0, 0.05) is 11.8 Å². The van der Waals surface area contributed by atoms with Gasteiger partial charge in [0.25, 0.3) is 11.6 Å². The van der Waals surface area contributed by atoms with Gasteiger partial charge in [-0.3, -0.25) is 14.9 Å². The lowest BCUT2D eigenvalue weighted by Gasteiger charge is -2.12. The van der Waals surface area contributed by atoms with Gasteiger partial charge in [-0.15, -0.1) is 0 Å². The van der Waals surface area contributed by atoms with E-state index >= 15 is 0 Å². The van der Waals surface area contributed by atoms with Crippen LogP contribution in [0.2, 0.25) is 0 Å². The number of ether oxygens (including phenoxy) is 3. The predicted octanol–water partition coefficient (Wildman–Crippen LogP) is 3.22. The molecule has 1 atom stereocenters. The standard InChI is InChI=1S/C20H18N2O7/c1-12-4-3-5-15(8-12)21-20(24)13(2)29-19(23)7-6-14-9-17-18(28-11-27-17)10-16(14)22(25)26/h3-10,13H,11H2,1-2H3,(H,21,24)/b7-6+. The molecule has 150 valence electrons. The molecule has 0 saturated heterocycles. The number of carbonyl (C=O) groups is 2. The molecule has 1 aliphatic heterocycles. The number of fused-ring (bicyclic) bond motifs is 1. The zero-order valence-electron chi connectivity index (χ0n) is 15.7. The number of esters is 1. The van der Waals surface area contributed by atoms with Crippen LogP contribution in [0.15, 0.2) is 42.5 Å². The van der Waals surface area contributed by atoms with E-state index in [2.05, 4.69) is 5.32 Å². The molecule has 0 aliphatic carbocycles. The number of nitro benzene ring substituents is 1. The first-order chi connectivity index (χ1) is 13.8. The molecule has 29 heavy (non-hydrogen) atoms. The lowest BCUT2D eigenvalue weighted by atomic mass is 10.1. The summed E-state index contributed by atoms with van der Waals surface area (Å²) in [5, 5.41) is 13.9. The molecule has 1 aliphatic rings. The highest BCUT2D eigenvalue weighted by Crippen LogP contribution is 2.38. The van der Waals surface area contributed by atoms with Crippen molar-refractivity contribution in [2.45, 2.75) is 20.0 Å². The second-order valence-electron chi connectivity index (χ2n) is 6.29. The van der Waals surface area contributed by atoms with Crippen molar-refractivity contribution in [3.05, 3.63) is 63.7 Å². The van der Waals surface area contributed by atoms with E-state index in [0.717, 1.165) is 11.6 Å². The van der Waals surface area contributed by atoms with Crippen molar-refractivity contribution < 1.29 is 28.7 Å². The van der Waals surface area contributed by atoms with Gasteiger partial charge in [-0.1, -0.05) is 12.1 Å². The zero-order valence-corrected chi connectivity index (χ0v) is 15.7. The van der Waals surface area contributed by atoms with Crippen molar-refractivity contribution >= 4 is 29.3 Å². The van der Waals surface area contributed by atoms with E-state index in [4.69, 9.17) is 14.2 Å². The molecule has 9 heteroatoms. The smallest absolute Gasteiger partial charge is 0.331 e. The number of nitrogens with one attached hydrogen (secondary N) is 1. The number of nitro groups is 1. The van der Waals surface area contributed by atoms with E-state index in [1.165, 1.54) is 25.1 Å². The van der Waals surface area contributed by atoms with Gasteiger partial charge >= 0.3 is 5.97 Å². The molecular weight excluding hydrogens is 380 g/mol. The maximum atomic E-state index is 12.2. The SMILES string of the molecule is Cc1cccc(NC(=O)C(C)OC(=O)/C=C/c2cc3c(cc2[N+](=O)[O-])OCO3)c1. The van der Waals surface area contributed by atoms with E-state index in [-0.39, 0.29) is 23.8 Å². The lowest BCUT2D eigenvalue weighted by molar-refractivity contribution is -0.385. The molecule has 1 amide bonds. The van der Waals surface area contributed by atoms with Crippen LogP contribution in [0.5, 0.6) is 11.5 Å². The maximum absolute atomic E-state index is 12.2. The number of hydrogen-bond acceptors (Lipinski definition) is 7. The number of amides is 1. The van der Waals surface area contributed by atoms with Gasteiger partial charge in [-0.2, -0.15) is 0 Å². The minimum Gasteiger partial charge on any atom is -0.454 e. The molecule has 0 radical (unpaired) electrons. The minimum atomic E-state index is -1.06. The molecule has 1 N–H and O–H groups in total. The summed E-state index contributed by atoms with van der Waals surface area (Å²) in [4.78, 5) is 34.9. The first-order valence-corrected chi connectivity index (χ1v) is 8.68. The van der Waals surface area contributed by atoms with E-state index in [1.54, 1.807) is 18.2 Å². The topological polar surface area (TPSA) is 117 Å². The first kappa shape index (κ1) is 19.9. The Morgan fingerprint density at radius 3 is 2.66 bits per heavy atom. The van der Waals surface area contributed by atoms with Crippen LogP contribution in [-0.4, -0.2) is 29.7 Å². The summed E-state index contributed by atoms with van der Waals surface area (Å²) < 4.78 is 15.4. The number of benzene rings is 2. The summed E-state index contributed by atoms with van der Waals surface area (Å²) in [6, 6.07) is 9.81. The van der Waals surface area contributed by atoms with Gasteiger partial charge in [0.05, 0.1) is 16.6 Å². The second-order valence-corrected chi connectivity index (χ2v) is 6.29. The molecule has 0 aromatic heterocycles. The summed E-state index contributed by atoms with van der Waals surface area (Å²) in [6.45, 7) is 3.29. The van der Waals surface area contributed by atoms with Crippen LogP contribution in [-0.2, 0) is 14.3 Å². The average Bonchev–Trinajstić information content (AvgIpc) is 3.12. The normalized spacial score (nSPS) is 13.2. The molecule has 0 bridgehead atoms. The Labute approximate surface area is 166 Å². The van der Waals surface area contributed by atoms with Gasteiger partial charge in [0.2, 0.25) is 6.79 Å². The van der Waals surface area contributed by atoms with Crippen LogP contribution in [0.1, 0.15) is 18.1 Å². The van der Waals surface area contributed by atoms with Crippen molar-refractivity contribution in [2.24, 2.45) is 0 Å². The molecule has 1 heterocycles. The van der Waals surface area contributed by atoms with Crippen molar-refractivity contribution in [2.75, 3.05) is 12.1 Å². The van der Waals surface area contributed by atoms with Crippen LogP contribution < -0.4 is 14.8 Å². The number of anilines is 1. The number of rotatable bonds is 6. The summed E-state index contributed by atoms with van der Waals surface area (Å²) in [5.74, 6) is -0.706. The van der Waals surface area contributed by atoms with E-state index in [0.29, 0.717) is 11.4 Å². The van der Waals surface area contributed by atoms with Gasteiger partial charge in [0.1, 0.15) is 0 Å². The van der Waals surface area contributed by atoms with Gasteiger partial charge in [0.15, 0.2) is 17.6 Å². The summed E-state index contributed by atoms with van der Waals surface area (Å²) >= 11 is 0. The Hall–Kier alpha value is -3.88. The van der Waals surface area contributed by atoms with E-state index in [9.17, 15) is 19.7 Å². The Morgan fingerprint density at radius 2 is 1.97 bits per heavy atom. The third-order valence-corrected chi connectivity index (χ3v) is 4.07. The molecule has 0 saturated carbocycles. The molecule has 9 nitrogen and oxygen atoms in total. The predicted molar refractivity (Wildman–Crippen MR) is 104 cm³/mol. The minimum absolute atomic E-state index is 0.0325. The fraction of sp³-hybridized carbons (Fsp3) is 0.200. The largest absolute Gasteiger partial charge is 0.454 e. The van der Waals surface area contributed by atoms with Gasteiger partial charge < -0.3 is 19.5 Å². The van der Waals surface area contributed by atoms with Crippen molar-refractivity contribution in [3.8, 4) is 11.5 Å². The highest BCUT2D eigenvalue weighted by molar-refractivity contribution is 5.96. The average molecular weight is 398 g/mol. The molecule has 3 rings (SSSR count). The Bertz CT molecular complexity index is 1000. The fourth-order valence-corrected chi connectivity index (χ4v) is 2.63. The molecule has 2 aromatic carbocycles. The Morgan fingerprint density at radius 1 is 1.24 bits per heavy atom. The van der Waals surface area contributed by atoms with Crippen LogP contribution in [0.25, 0.3) is 6.08 Å². The molecule has 0 fully saturated rings. The van der Waals surface area contributed by atoms with Crippen LogP contribution in [0.4, 0.5) is 11.4 Å². The lowest BCUT2D eigenvalue weighted by Crippen LogP contribution is -2.29. The van der Waals surface area contributed by atoms with E-state index in [1.807, 2.05) is 13.0 Å². The van der Waals surface area contributed by atoms with Crippen molar-refractivity contribution in [1.82, 2.24) is 0 Å². The summed E-state index contributed by atoms with van der Waals surface area (Å²) in [7, 11) is 0. The Balaban J connectivity index is 1.65. The van der Waals surface area contributed by atoms with Crippen LogP contribution >= 0.6 is 0 Å². The molecule has 0 spiro atoms. The molecular formula is C20H18N2O7.